The van der Waals surface area contributed by atoms with Gasteiger partial charge in [-0.25, -0.2) is 0 Å². The number of rotatable bonds is 7. The quantitative estimate of drug-likeness (QED) is 0.847. The molecule has 1 heterocycles. The van der Waals surface area contributed by atoms with E-state index in [0.717, 1.165) is 5.56 Å². The van der Waals surface area contributed by atoms with Gasteiger partial charge < -0.3 is 9.63 Å². The summed E-state index contributed by atoms with van der Waals surface area (Å²) in [6.45, 7) is 7.11. The molecule has 5 heteroatoms. The molecule has 1 atom stereocenters. The molecule has 0 saturated carbocycles. The molecule has 0 radical (unpaired) electrons. The van der Waals surface area contributed by atoms with Gasteiger partial charge in [0.2, 0.25) is 5.89 Å². The van der Waals surface area contributed by atoms with Crippen LogP contribution in [0.5, 0.6) is 0 Å². The van der Waals surface area contributed by atoms with Gasteiger partial charge in [0, 0.05) is 19.0 Å². The smallest absolute Gasteiger partial charge is 0.240 e. The van der Waals surface area contributed by atoms with Gasteiger partial charge in [-0.15, -0.1) is 0 Å². The molecular formula is C16H23N3O2. The summed E-state index contributed by atoms with van der Waals surface area (Å²) in [5, 5.41) is 13.6. The number of aliphatic hydroxyl groups excluding tert-OH is 1. The third kappa shape index (κ3) is 4.95. The fourth-order valence-electron chi connectivity index (χ4n) is 2.18. The zero-order valence-corrected chi connectivity index (χ0v) is 12.9. The molecule has 1 unspecified atom stereocenters. The summed E-state index contributed by atoms with van der Waals surface area (Å²) in [5.74, 6) is 1.28. The van der Waals surface area contributed by atoms with Crippen molar-refractivity contribution >= 4 is 0 Å². The van der Waals surface area contributed by atoms with Gasteiger partial charge in [-0.1, -0.05) is 35.5 Å². The molecule has 0 fully saturated rings. The maximum atomic E-state index is 9.54. The molecule has 114 valence electrons. The van der Waals surface area contributed by atoms with E-state index in [0.29, 0.717) is 37.3 Å². The van der Waals surface area contributed by atoms with Gasteiger partial charge in [0.15, 0.2) is 5.82 Å². The molecule has 0 aliphatic heterocycles. The lowest BCUT2D eigenvalue weighted by Crippen LogP contribution is -2.36. The lowest BCUT2D eigenvalue weighted by Gasteiger charge is -2.25. The molecule has 0 amide bonds. The lowest BCUT2D eigenvalue weighted by atomic mass is 10.1. The summed E-state index contributed by atoms with van der Waals surface area (Å²) in [6, 6.07) is 10.4. The second-order valence-corrected chi connectivity index (χ2v) is 5.64. The van der Waals surface area contributed by atoms with Crippen LogP contribution in [0.2, 0.25) is 0 Å². The van der Waals surface area contributed by atoms with Gasteiger partial charge >= 0.3 is 0 Å². The van der Waals surface area contributed by atoms with Crippen LogP contribution in [-0.2, 0) is 13.0 Å². The first-order chi connectivity index (χ1) is 10.0. The van der Waals surface area contributed by atoms with Gasteiger partial charge in [0.25, 0.3) is 0 Å². The van der Waals surface area contributed by atoms with E-state index in [4.69, 9.17) is 4.52 Å². The van der Waals surface area contributed by atoms with Crippen LogP contribution in [0.25, 0.3) is 0 Å². The van der Waals surface area contributed by atoms with E-state index in [-0.39, 0.29) is 6.10 Å². The fourth-order valence-corrected chi connectivity index (χ4v) is 2.18. The van der Waals surface area contributed by atoms with Crippen LogP contribution < -0.4 is 0 Å². The zero-order chi connectivity index (χ0) is 15.2. The van der Waals surface area contributed by atoms with Gasteiger partial charge in [0.05, 0.1) is 12.6 Å². The van der Waals surface area contributed by atoms with Crippen LogP contribution in [0.1, 0.15) is 38.0 Å². The highest BCUT2D eigenvalue weighted by Crippen LogP contribution is 2.10. The first-order valence-electron chi connectivity index (χ1n) is 7.32. The lowest BCUT2D eigenvalue weighted by molar-refractivity contribution is 0.0943. The number of hydrogen-bond acceptors (Lipinski definition) is 5. The third-order valence-electron chi connectivity index (χ3n) is 3.28. The molecule has 0 saturated heterocycles. The molecular weight excluding hydrogens is 266 g/mol. The van der Waals surface area contributed by atoms with Crippen LogP contribution in [-0.4, -0.2) is 38.8 Å². The standard InChI is InChI=1S/C16H23N3O2/c1-12(2)19(10-13(3)20)11-16-17-15(18-21-16)9-14-7-5-4-6-8-14/h4-8,12-13,20H,9-11H2,1-3H3. The Labute approximate surface area is 125 Å². The molecule has 0 bridgehead atoms. The van der Waals surface area contributed by atoms with E-state index in [1.807, 2.05) is 30.3 Å². The molecule has 2 aromatic rings. The highest BCUT2D eigenvalue weighted by molar-refractivity contribution is 5.18. The second-order valence-electron chi connectivity index (χ2n) is 5.64. The number of benzene rings is 1. The monoisotopic (exact) mass is 289 g/mol. The van der Waals surface area contributed by atoms with Gasteiger partial charge in [-0.05, 0) is 26.3 Å². The minimum Gasteiger partial charge on any atom is -0.392 e. The molecule has 1 N–H and O–H groups in total. The second kappa shape index (κ2) is 7.33. The van der Waals surface area contributed by atoms with Crippen molar-refractivity contribution in [3.63, 3.8) is 0 Å². The molecule has 2 rings (SSSR count). The Hall–Kier alpha value is -1.72. The predicted molar refractivity (Wildman–Crippen MR) is 80.8 cm³/mol. The van der Waals surface area contributed by atoms with E-state index >= 15 is 0 Å². The normalized spacial score (nSPS) is 13.0. The minimum atomic E-state index is -0.376. The predicted octanol–water partition coefficient (Wildman–Crippen LogP) is 2.25. The van der Waals surface area contributed by atoms with Crippen LogP contribution in [0, 0.1) is 0 Å². The molecule has 1 aromatic carbocycles. The Morgan fingerprint density at radius 3 is 2.52 bits per heavy atom. The van der Waals surface area contributed by atoms with E-state index < -0.39 is 0 Å². The minimum absolute atomic E-state index is 0.309. The summed E-state index contributed by atoms with van der Waals surface area (Å²) >= 11 is 0. The Bertz CT molecular complexity index is 537. The van der Waals surface area contributed by atoms with Crippen molar-refractivity contribution in [2.45, 2.75) is 45.9 Å². The first kappa shape index (κ1) is 15.7. The average molecular weight is 289 g/mol. The van der Waals surface area contributed by atoms with E-state index in [1.165, 1.54) is 0 Å². The number of nitrogens with zero attached hydrogens (tertiary/aromatic N) is 3. The van der Waals surface area contributed by atoms with Crippen LogP contribution >= 0.6 is 0 Å². The molecule has 1 aromatic heterocycles. The molecule has 5 nitrogen and oxygen atoms in total. The van der Waals surface area contributed by atoms with E-state index in [1.54, 1.807) is 6.92 Å². The van der Waals surface area contributed by atoms with Crippen molar-refractivity contribution in [3.8, 4) is 0 Å². The van der Waals surface area contributed by atoms with Crippen molar-refractivity contribution in [2.75, 3.05) is 6.54 Å². The maximum absolute atomic E-state index is 9.54. The third-order valence-corrected chi connectivity index (χ3v) is 3.28. The number of hydrogen-bond donors (Lipinski definition) is 1. The van der Waals surface area contributed by atoms with Crippen molar-refractivity contribution in [1.29, 1.82) is 0 Å². The number of aliphatic hydroxyl groups is 1. The van der Waals surface area contributed by atoms with Crippen LogP contribution in [0.15, 0.2) is 34.9 Å². The Balaban J connectivity index is 1.98. The van der Waals surface area contributed by atoms with E-state index in [9.17, 15) is 5.11 Å². The molecule has 0 spiro atoms. The fraction of sp³-hybridized carbons (Fsp3) is 0.500. The Morgan fingerprint density at radius 1 is 1.19 bits per heavy atom. The molecule has 0 aliphatic rings. The van der Waals surface area contributed by atoms with Crippen LogP contribution in [0.3, 0.4) is 0 Å². The van der Waals surface area contributed by atoms with Gasteiger partial charge in [-0.2, -0.15) is 4.98 Å². The summed E-state index contributed by atoms with van der Waals surface area (Å²) in [6.07, 6.45) is 0.293. The van der Waals surface area contributed by atoms with Crippen LogP contribution in [0.4, 0.5) is 0 Å². The van der Waals surface area contributed by atoms with Crippen molar-refractivity contribution in [3.05, 3.63) is 47.6 Å². The topological polar surface area (TPSA) is 62.4 Å². The zero-order valence-electron chi connectivity index (χ0n) is 12.9. The SMILES string of the molecule is CC(O)CN(Cc1nc(Cc2ccccc2)no1)C(C)C. The molecule has 21 heavy (non-hydrogen) atoms. The van der Waals surface area contributed by atoms with Crippen molar-refractivity contribution < 1.29 is 9.63 Å². The summed E-state index contributed by atoms with van der Waals surface area (Å²) in [4.78, 5) is 6.55. The van der Waals surface area contributed by atoms with Crippen molar-refractivity contribution in [1.82, 2.24) is 15.0 Å². The highest BCUT2D eigenvalue weighted by atomic mass is 16.5. The van der Waals surface area contributed by atoms with Gasteiger partial charge in [-0.3, -0.25) is 4.90 Å². The first-order valence-corrected chi connectivity index (χ1v) is 7.32. The highest BCUT2D eigenvalue weighted by Gasteiger charge is 2.16. The summed E-state index contributed by atoms with van der Waals surface area (Å²) in [5.41, 5.74) is 1.16. The number of aromatic nitrogens is 2. The average Bonchev–Trinajstić information content (AvgIpc) is 2.86. The Morgan fingerprint density at radius 2 is 1.90 bits per heavy atom. The Kier molecular flexibility index (Phi) is 5.47. The largest absolute Gasteiger partial charge is 0.392 e. The molecule has 0 aliphatic carbocycles. The summed E-state index contributed by atoms with van der Waals surface area (Å²) < 4.78 is 5.31. The van der Waals surface area contributed by atoms with Crippen molar-refractivity contribution in [2.24, 2.45) is 0 Å². The van der Waals surface area contributed by atoms with E-state index in [2.05, 4.69) is 28.9 Å². The maximum Gasteiger partial charge on any atom is 0.240 e. The van der Waals surface area contributed by atoms with Gasteiger partial charge in [0.1, 0.15) is 0 Å². The summed E-state index contributed by atoms with van der Waals surface area (Å²) in [7, 11) is 0.